The number of nitrogens with two attached hydrogens (primary N) is 1. The zero-order chi connectivity index (χ0) is 14.4. The van der Waals surface area contributed by atoms with Crippen LogP contribution in [0.25, 0.3) is 0 Å². The fraction of sp³-hybridized carbons (Fsp3) is 0.385. The number of ether oxygens (including phenoxy) is 2. The van der Waals surface area contributed by atoms with Crippen molar-refractivity contribution in [3.05, 3.63) is 23.8 Å². The lowest BCUT2D eigenvalue weighted by atomic mass is 10.1. The number of nitrogens with one attached hydrogen (secondary N) is 1. The Morgan fingerprint density at radius 3 is 2.58 bits per heavy atom. The van der Waals surface area contributed by atoms with E-state index in [1.165, 1.54) is 7.11 Å². The molecular weight excluding hydrogens is 264 g/mol. The number of rotatable bonds is 6. The lowest BCUT2D eigenvalue weighted by Crippen LogP contribution is -2.43. The first kappa shape index (κ1) is 15.2. The maximum Gasteiger partial charge on any atom is 0.255 e. The van der Waals surface area contributed by atoms with Gasteiger partial charge in [0.1, 0.15) is 11.5 Å². The van der Waals surface area contributed by atoms with Gasteiger partial charge in [0.25, 0.3) is 5.91 Å². The fourth-order valence-corrected chi connectivity index (χ4v) is 1.82. The van der Waals surface area contributed by atoms with Crippen LogP contribution in [0.5, 0.6) is 11.5 Å². The Balaban J connectivity index is 2.96. The van der Waals surface area contributed by atoms with E-state index in [9.17, 15) is 4.79 Å². The Hall–Kier alpha value is -1.82. The van der Waals surface area contributed by atoms with Crippen molar-refractivity contribution in [2.75, 3.05) is 14.2 Å². The van der Waals surface area contributed by atoms with E-state index in [2.05, 4.69) is 5.32 Å². The highest BCUT2D eigenvalue weighted by Gasteiger charge is 2.18. The Kier molecular flexibility index (Phi) is 5.57. The number of benzene rings is 1. The lowest BCUT2D eigenvalue weighted by molar-refractivity contribution is 0.0943. The molecule has 104 valence electrons. The highest BCUT2D eigenvalue weighted by atomic mass is 32.1. The van der Waals surface area contributed by atoms with Gasteiger partial charge >= 0.3 is 0 Å². The van der Waals surface area contributed by atoms with Crippen LogP contribution in [0.1, 0.15) is 23.7 Å². The standard InChI is InChI=1S/C13H18N2O3S/c1-4-10(12(14)19)15-13(16)9-6-5-8(17-2)7-11(9)18-3/h5-7,10H,4H2,1-3H3,(H2,14,19)(H,15,16). The molecule has 0 bridgehead atoms. The molecule has 1 unspecified atom stereocenters. The summed E-state index contributed by atoms with van der Waals surface area (Å²) in [6.45, 7) is 1.90. The maximum absolute atomic E-state index is 12.2. The molecule has 0 aromatic heterocycles. The summed E-state index contributed by atoms with van der Waals surface area (Å²) in [6.07, 6.45) is 0.638. The third kappa shape index (κ3) is 3.82. The first-order chi connectivity index (χ1) is 9.03. The first-order valence-electron chi connectivity index (χ1n) is 5.85. The summed E-state index contributed by atoms with van der Waals surface area (Å²) in [7, 11) is 3.05. The maximum atomic E-state index is 12.2. The van der Waals surface area contributed by atoms with E-state index in [4.69, 9.17) is 27.4 Å². The van der Waals surface area contributed by atoms with Gasteiger partial charge in [-0.15, -0.1) is 0 Å². The zero-order valence-corrected chi connectivity index (χ0v) is 12.0. The number of amides is 1. The second-order valence-electron chi connectivity index (χ2n) is 3.90. The third-order valence-electron chi connectivity index (χ3n) is 2.71. The molecule has 5 nitrogen and oxygen atoms in total. The fourth-order valence-electron chi connectivity index (χ4n) is 1.60. The molecule has 3 N–H and O–H groups in total. The summed E-state index contributed by atoms with van der Waals surface area (Å²) < 4.78 is 10.3. The van der Waals surface area contributed by atoms with Gasteiger partial charge in [-0.05, 0) is 18.6 Å². The second kappa shape index (κ2) is 6.94. The van der Waals surface area contributed by atoms with Gasteiger partial charge in [-0.2, -0.15) is 0 Å². The van der Waals surface area contributed by atoms with Crippen molar-refractivity contribution >= 4 is 23.1 Å². The quantitative estimate of drug-likeness (QED) is 0.774. The van der Waals surface area contributed by atoms with E-state index in [1.54, 1.807) is 25.3 Å². The molecule has 0 fully saturated rings. The number of thiocarbonyl (C=S) groups is 1. The van der Waals surface area contributed by atoms with Crippen LogP contribution in [0, 0.1) is 0 Å². The van der Waals surface area contributed by atoms with Gasteiger partial charge in [-0.3, -0.25) is 4.79 Å². The minimum Gasteiger partial charge on any atom is -0.497 e. The molecule has 0 radical (unpaired) electrons. The zero-order valence-electron chi connectivity index (χ0n) is 11.2. The Morgan fingerprint density at radius 1 is 1.42 bits per heavy atom. The summed E-state index contributed by atoms with van der Waals surface area (Å²) in [5.41, 5.74) is 5.97. The number of carbonyl (C=O) groups excluding carboxylic acids is 1. The molecule has 0 spiro atoms. The van der Waals surface area contributed by atoms with Crippen molar-refractivity contribution in [1.82, 2.24) is 5.32 Å². The Labute approximate surface area is 118 Å². The summed E-state index contributed by atoms with van der Waals surface area (Å²) >= 11 is 4.90. The van der Waals surface area contributed by atoms with Gasteiger partial charge in [0, 0.05) is 6.07 Å². The number of hydrogen-bond acceptors (Lipinski definition) is 4. The van der Waals surface area contributed by atoms with Crippen molar-refractivity contribution < 1.29 is 14.3 Å². The SMILES string of the molecule is CCC(NC(=O)c1ccc(OC)cc1OC)C(N)=S. The normalized spacial score (nSPS) is 11.5. The lowest BCUT2D eigenvalue weighted by Gasteiger charge is -2.16. The van der Waals surface area contributed by atoms with Crippen LogP contribution in [-0.2, 0) is 0 Å². The molecule has 6 heteroatoms. The number of methoxy groups -OCH3 is 2. The average molecular weight is 282 g/mol. The highest BCUT2D eigenvalue weighted by Crippen LogP contribution is 2.24. The molecule has 1 aromatic rings. The van der Waals surface area contributed by atoms with Crippen molar-refractivity contribution in [3.63, 3.8) is 0 Å². The van der Waals surface area contributed by atoms with Gasteiger partial charge in [-0.1, -0.05) is 19.1 Å². The van der Waals surface area contributed by atoms with Crippen LogP contribution in [0.15, 0.2) is 18.2 Å². The predicted octanol–water partition coefficient (Wildman–Crippen LogP) is 1.50. The average Bonchev–Trinajstić information content (AvgIpc) is 2.43. The van der Waals surface area contributed by atoms with E-state index in [1.807, 2.05) is 6.92 Å². The van der Waals surface area contributed by atoms with E-state index in [-0.39, 0.29) is 16.9 Å². The number of carbonyl (C=O) groups is 1. The smallest absolute Gasteiger partial charge is 0.255 e. The molecule has 1 atom stereocenters. The molecule has 0 saturated heterocycles. The molecule has 1 aromatic carbocycles. The molecule has 0 heterocycles. The Morgan fingerprint density at radius 2 is 2.11 bits per heavy atom. The molecule has 1 rings (SSSR count). The van der Waals surface area contributed by atoms with Crippen LogP contribution >= 0.6 is 12.2 Å². The highest BCUT2D eigenvalue weighted by molar-refractivity contribution is 7.80. The van der Waals surface area contributed by atoms with Crippen LogP contribution in [0.4, 0.5) is 0 Å². The number of hydrogen-bond donors (Lipinski definition) is 2. The van der Waals surface area contributed by atoms with Gasteiger partial charge < -0.3 is 20.5 Å². The van der Waals surface area contributed by atoms with Gasteiger partial charge in [0.15, 0.2) is 0 Å². The van der Waals surface area contributed by atoms with E-state index < -0.39 is 0 Å². The van der Waals surface area contributed by atoms with Gasteiger partial charge in [0.05, 0.1) is 30.8 Å². The second-order valence-corrected chi connectivity index (χ2v) is 4.37. The predicted molar refractivity (Wildman–Crippen MR) is 77.9 cm³/mol. The van der Waals surface area contributed by atoms with Crippen molar-refractivity contribution in [2.45, 2.75) is 19.4 Å². The minimum absolute atomic E-state index is 0.267. The largest absolute Gasteiger partial charge is 0.497 e. The van der Waals surface area contributed by atoms with Gasteiger partial charge in [-0.25, -0.2) is 0 Å². The summed E-state index contributed by atoms with van der Waals surface area (Å²) in [6, 6.07) is 4.66. The molecule has 0 aliphatic rings. The molecule has 19 heavy (non-hydrogen) atoms. The minimum atomic E-state index is -0.325. The van der Waals surface area contributed by atoms with E-state index in [0.29, 0.717) is 23.5 Å². The van der Waals surface area contributed by atoms with E-state index >= 15 is 0 Å². The first-order valence-corrected chi connectivity index (χ1v) is 6.26. The van der Waals surface area contributed by atoms with Crippen LogP contribution in [-0.4, -0.2) is 31.2 Å². The summed E-state index contributed by atoms with van der Waals surface area (Å²) in [4.78, 5) is 12.4. The summed E-state index contributed by atoms with van der Waals surface area (Å²) in [5, 5.41) is 2.77. The van der Waals surface area contributed by atoms with Crippen molar-refractivity contribution in [3.8, 4) is 11.5 Å². The van der Waals surface area contributed by atoms with Crippen LogP contribution in [0.2, 0.25) is 0 Å². The summed E-state index contributed by atoms with van der Waals surface area (Å²) in [5.74, 6) is 0.781. The topological polar surface area (TPSA) is 73.6 Å². The molecule has 0 aliphatic heterocycles. The van der Waals surface area contributed by atoms with Gasteiger partial charge in [0.2, 0.25) is 0 Å². The molecule has 1 amide bonds. The Bertz CT molecular complexity index is 477. The molecular formula is C13H18N2O3S. The monoisotopic (exact) mass is 282 g/mol. The third-order valence-corrected chi connectivity index (χ3v) is 2.99. The van der Waals surface area contributed by atoms with Crippen molar-refractivity contribution in [1.29, 1.82) is 0 Å². The van der Waals surface area contributed by atoms with Crippen molar-refractivity contribution in [2.24, 2.45) is 5.73 Å². The molecule has 0 aliphatic carbocycles. The van der Waals surface area contributed by atoms with Crippen LogP contribution in [0.3, 0.4) is 0 Å². The molecule has 0 saturated carbocycles. The van der Waals surface area contributed by atoms with Crippen LogP contribution < -0.4 is 20.5 Å². The van der Waals surface area contributed by atoms with E-state index in [0.717, 1.165) is 0 Å².